The van der Waals surface area contributed by atoms with Gasteiger partial charge in [-0.3, -0.25) is 4.79 Å². The minimum Gasteiger partial charge on any atom is -0.490 e. The van der Waals surface area contributed by atoms with E-state index in [2.05, 4.69) is 6.07 Å². The molecule has 0 unspecified atom stereocenters. The van der Waals surface area contributed by atoms with Crippen molar-refractivity contribution in [2.24, 2.45) is 0 Å². The minimum absolute atomic E-state index is 0.0518. The molecule has 0 radical (unpaired) electrons. The van der Waals surface area contributed by atoms with Crippen molar-refractivity contribution in [3.05, 3.63) is 53.2 Å². The molecule has 0 aliphatic carbocycles. The van der Waals surface area contributed by atoms with E-state index in [1.54, 1.807) is 24.3 Å². The first-order valence-corrected chi connectivity index (χ1v) is 12.9. The van der Waals surface area contributed by atoms with Crippen LogP contribution in [0.25, 0.3) is 10.9 Å². The highest BCUT2D eigenvalue weighted by molar-refractivity contribution is 7.91. The molecule has 8 nitrogen and oxygen atoms in total. The van der Waals surface area contributed by atoms with Gasteiger partial charge in [0.25, 0.3) is 0 Å². The van der Waals surface area contributed by atoms with Crippen molar-refractivity contribution in [2.75, 3.05) is 6.26 Å². The Hall–Kier alpha value is -3.51. The molecule has 1 N–H and O–H groups in total. The summed E-state index contributed by atoms with van der Waals surface area (Å²) >= 11 is 0. The Bertz CT molecular complexity index is 1420. The third-order valence-electron chi connectivity index (χ3n) is 5.84. The average Bonchev–Trinajstić information content (AvgIpc) is 3.29. The van der Waals surface area contributed by atoms with Crippen LogP contribution in [0.4, 0.5) is 0 Å². The lowest BCUT2D eigenvalue weighted by molar-refractivity contribution is -0.137. The molecular formula is C25H26N2O6S. The number of carboxylic acid groups (broad SMARTS) is 1. The Morgan fingerprint density at radius 2 is 2.03 bits per heavy atom. The number of hydrogen-bond donors (Lipinski definition) is 1. The number of aryl methyl sites for hydroxylation is 1. The van der Waals surface area contributed by atoms with E-state index in [-0.39, 0.29) is 29.9 Å². The van der Waals surface area contributed by atoms with Crippen LogP contribution >= 0.6 is 0 Å². The van der Waals surface area contributed by atoms with Crippen LogP contribution in [0.2, 0.25) is 0 Å². The molecule has 2 aromatic carbocycles. The van der Waals surface area contributed by atoms with E-state index in [0.717, 1.165) is 17.3 Å². The zero-order valence-corrected chi connectivity index (χ0v) is 20.1. The maximum atomic E-state index is 12.7. The van der Waals surface area contributed by atoms with Gasteiger partial charge in [0, 0.05) is 35.3 Å². The summed E-state index contributed by atoms with van der Waals surface area (Å²) in [5, 5.41) is 19.2. The number of aromatic nitrogens is 1. The molecule has 2 heterocycles. The van der Waals surface area contributed by atoms with Crippen molar-refractivity contribution >= 4 is 26.7 Å². The first kappa shape index (κ1) is 23.6. The Kier molecular flexibility index (Phi) is 6.28. The van der Waals surface area contributed by atoms with E-state index in [1.165, 1.54) is 0 Å². The molecule has 4 rings (SSSR count). The summed E-state index contributed by atoms with van der Waals surface area (Å²) in [6.45, 7) is 4.54. The number of hydrogen-bond acceptors (Lipinski definition) is 6. The number of benzene rings is 2. The summed E-state index contributed by atoms with van der Waals surface area (Å²) in [6, 6.07) is 12.7. The molecule has 1 aliphatic rings. The van der Waals surface area contributed by atoms with Gasteiger partial charge in [0.05, 0.1) is 23.0 Å². The van der Waals surface area contributed by atoms with Gasteiger partial charge in [-0.1, -0.05) is 6.07 Å². The first-order chi connectivity index (χ1) is 16.1. The number of aliphatic carboxylic acids is 1. The molecule has 0 spiro atoms. The topological polar surface area (TPSA) is 119 Å². The van der Waals surface area contributed by atoms with Crippen LogP contribution in [0.3, 0.4) is 0 Å². The molecule has 1 atom stereocenters. The number of nitrogens with zero attached hydrogens (tertiary/aromatic N) is 2. The van der Waals surface area contributed by atoms with Gasteiger partial charge >= 0.3 is 5.97 Å². The second-order valence-electron chi connectivity index (χ2n) is 8.80. The molecule has 0 saturated carbocycles. The minimum atomic E-state index is -3.61. The maximum absolute atomic E-state index is 12.7. The molecular weight excluding hydrogens is 456 g/mol. The number of carbonyl (C=O) groups is 1. The van der Waals surface area contributed by atoms with Crippen LogP contribution < -0.4 is 9.47 Å². The molecule has 0 bridgehead atoms. The van der Waals surface area contributed by atoms with Crippen LogP contribution in [-0.2, 0) is 27.8 Å². The van der Waals surface area contributed by atoms with Gasteiger partial charge < -0.3 is 19.1 Å². The fraction of sp³-hybridized carbons (Fsp3) is 0.360. The molecule has 0 amide bonds. The number of nitriles is 1. The van der Waals surface area contributed by atoms with Crippen LogP contribution in [0.5, 0.6) is 11.5 Å². The van der Waals surface area contributed by atoms with Crippen LogP contribution in [-0.4, -0.2) is 36.4 Å². The maximum Gasteiger partial charge on any atom is 0.304 e. The lowest BCUT2D eigenvalue weighted by atomic mass is 10.0. The van der Waals surface area contributed by atoms with Crippen LogP contribution in [0.15, 0.2) is 41.3 Å². The number of ether oxygens (including phenoxy) is 2. The van der Waals surface area contributed by atoms with Crippen molar-refractivity contribution in [3.8, 4) is 17.6 Å². The summed E-state index contributed by atoms with van der Waals surface area (Å²) in [4.78, 5) is 11.5. The van der Waals surface area contributed by atoms with Crippen LogP contribution in [0, 0.1) is 11.3 Å². The molecule has 178 valence electrons. The fourth-order valence-corrected chi connectivity index (χ4v) is 5.78. The quantitative estimate of drug-likeness (QED) is 0.510. The molecule has 1 aliphatic heterocycles. The third kappa shape index (κ3) is 4.59. The number of carboxylic acids is 1. The van der Waals surface area contributed by atoms with Crippen molar-refractivity contribution in [2.45, 2.75) is 56.8 Å². The number of fused-ring (bicyclic) bond motifs is 3. The van der Waals surface area contributed by atoms with E-state index in [1.807, 2.05) is 30.5 Å². The smallest absolute Gasteiger partial charge is 0.304 e. The summed E-state index contributed by atoms with van der Waals surface area (Å²) in [7, 11) is -3.61. The fourth-order valence-electron chi connectivity index (χ4n) is 4.56. The predicted octanol–water partition coefficient (Wildman–Crippen LogP) is 4.24. The summed E-state index contributed by atoms with van der Waals surface area (Å²) in [5.41, 5.74) is 2.50. The first-order valence-electron chi connectivity index (χ1n) is 11.0. The van der Waals surface area contributed by atoms with Gasteiger partial charge in [-0.05, 0) is 56.2 Å². The number of rotatable bonds is 8. The highest BCUT2D eigenvalue weighted by Crippen LogP contribution is 2.43. The molecule has 9 heteroatoms. The normalized spacial score (nSPS) is 15.3. The van der Waals surface area contributed by atoms with Crippen molar-refractivity contribution < 1.29 is 27.8 Å². The standard InChI is InChI=1S/C25H26N2O6S/c1-15(2)33-22-7-4-16(10-18(22)13-26)14-32-19-5-6-21-20(12-19)25(34(3,30)31)24-17(11-23(28)29)8-9-27(21)24/h4-7,10,12,15,17H,8-9,11,14H2,1-3H3,(H,28,29)/t17-/m0/s1. The van der Waals surface area contributed by atoms with Crippen LogP contribution in [0.1, 0.15) is 49.4 Å². The second kappa shape index (κ2) is 9.03. The molecule has 0 saturated heterocycles. The molecule has 0 fully saturated rings. The Labute approximate surface area is 198 Å². The van der Waals surface area contributed by atoms with E-state index < -0.39 is 15.8 Å². The summed E-state index contributed by atoms with van der Waals surface area (Å²) in [6.07, 6.45) is 1.58. The van der Waals surface area contributed by atoms with Gasteiger partial charge in [-0.15, -0.1) is 0 Å². The van der Waals surface area contributed by atoms with Gasteiger partial charge in [0.1, 0.15) is 24.2 Å². The van der Waals surface area contributed by atoms with E-state index in [0.29, 0.717) is 41.1 Å². The average molecular weight is 483 g/mol. The SMILES string of the molecule is CC(C)Oc1ccc(COc2ccc3c(c2)c(S(C)(=O)=O)c2n3CC[C@H]2CC(=O)O)cc1C#N. The van der Waals surface area contributed by atoms with Crippen molar-refractivity contribution in [3.63, 3.8) is 0 Å². The van der Waals surface area contributed by atoms with Gasteiger partial charge in [0.15, 0.2) is 9.84 Å². The highest BCUT2D eigenvalue weighted by atomic mass is 32.2. The molecule has 3 aromatic rings. The van der Waals surface area contributed by atoms with Gasteiger partial charge in [-0.25, -0.2) is 8.42 Å². The summed E-state index contributed by atoms with van der Waals surface area (Å²) in [5.74, 6) is -0.305. The predicted molar refractivity (Wildman–Crippen MR) is 126 cm³/mol. The van der Waals surface area contributed by atoms with Gasteiger partial charge in [-0.2, -0.15) is 5.26 Å². The van der Waals surface area contributed by atoms with E-state index in [9.17, 15) is 23.6 Å². The van der Waals surface area contributed by atoms with Crippen molar-refractivity contribution in [1.29, 1.82) is 5.26 Å². The molecule has 1 aromatic heterocycles. The largest absolute Gasteiger partial charge is 0.490 e. The molecule has 34 heavy (non-hydrogen) atoms. The van der Waals surface area contributed by atoms with E-state index in [4.69, 9.17) is 9.47 Å². The zero-order valence-electron chi connectivity index (χ0n) is 19.2. The Morgan fingerprint density at radius 3 is 2.68 bits per heavy atom. The number of sulfone groups is 1. The van der Waals surface area contributed by atoms with Crippen molar-refractivity contribution in [1.82, 2.24) is 4.57 Å². The Morgan fingerprint density at radius 1 is 1.26 bits per heavy atom. The second-order valence-corrected chi connectivity index (χ2v) is 10.8. The lowest BCUT2D eigenvalue weighted by Gasteiger charge is -2.13. The lowest BCUT2D eigenvalue weighted by Crippen LogP contribution is -2.08. The summed E-state index contributed by atoms with van der Waals surface area (Å²) < 4.78 is 38.9. The monoisotopic (exact) mass is 482 g/mol. The third-order valence-corrected chi connectivity index (χ3v) is 7.01. The zero-order chi connectivity index (χ0) is 24.6. The van der Waals surface area contributed by atoms with Gasteiger partial charge in [0.2, 0.25) is 0 Å². The van der Waals surface area contributed by atoms with E-state index >= 15 is 0 Å². The highest BCUT2D eigenvalue weighted by Gasteiger charge is 2.34. The Balaban J connectivity index is 1.66.